The van der Waals surface area contributed by atoms with Crippen LogP contribution in [-0.4, -0.2) is 22.6 Å². The zero-order valence-corrected chi connectivity index (χ0v) is 6.99. The van der Waals surface area contributed by atoms with Gasteiger partial charge in [-0.15, -0.1) is 0 Å². The first kappa shape index (κ1) is 9.30. The molecular formula is C6H11N5O2. The topological polar surface area (TPSA) is 120 Å². The smallest absolute Gasteiger partial charge is 0.316 e. The van der Waals surface area contributed by atoms with Gasteiger partial charge in [0, 0.05) is 13.0 Å². The molecule has 0 aliphatic rings. The molecule has 0 aliphatic heterocycles. The number of hydrogen-bond donors (Lipinski definition) is 3. The Bertz CT molecular complexity index is 284. The second kappa shape index (κ2) is 4.29. The van der Waals surface area contributed by atoms with E-state index in [1.54, 1.807) is 0 Å². The molecule has 0 saturated heterocycles. The summed E-state index contributed by atoms with van der Waals surface area (Å²) in [4.78, 5) is 10.3. The Morgan fingerprint density at radius 3 is 2.85 bits per heavy atom. The molecule has 7 heteroatoms. The zero-order valence-electron chi connectivity index (χ0n) is 6.99. The highest BCUT2D eigenvalue weighted by Gasteiger charge is 2.00. The Kier molecular flexibility index (Phi) is 3.07. The standard InChI is InChI=1S/C6H11N5O2/c7-4(12)2-1-3-9-6-11-10-5(8)13-6/h1-3H2,(H2,7,12)(H2,8,10)(H,9,11). The van der Waals surface area contributed by atoms with E-state index in [4.69, 9.17) is 15.9 Å². The van der Waals surface area contributed by atoms with Gasteiger partial charge in [0.15, 0.2) is 0 Å². The molecule has 0 unspecified atom stereocenters. The van der Waals surface area contributed by atoms with Gasteiger partial charge >= 0.3 is 12.0 Å². The molecule has 1 aromatic heterocycles. The van der Waals surface area contributed by atoms with E-state index in [0.29, 0.717) is 19.4 Å². The number of carbonyl (C=O) groups excluding carboxylic acids is 1. The summed E-state index contributed by atoms with van der Waals surface area (Å²) in [7, 11) is 0. The normalized spacial score (nSPS) is 9.85. The molecule has 0 fully saturated rings. The van der Waals surface area contributed by atoms with Crippen LogP contribution < -0.4 is 16.8 Å². The number of amides is 1. The third-order valence-corrected chi connectivity index (χ3v) is 1.32. The summed E-state index contributed by atoms with van der Waals surface area (Å²) in [5.41, 5.74) is 10.1. The lowest BCUT2D eigenvalue weighted by Gasteiger charge is -1.97. The van der Waals surface area contributed by atoms with Crippen LogP contribution in [0.5, 0.6) is 0 Å². The summed E-state index contributed by atoms with van der Waals surface area (Å²) < 4.78 is 4.82. The summed E-state index contributed by atoms with van der Waals surface area (Å²) in [6.45, 7) is 0.546. The molecule has 5 N–H and O–H groups in total. The Hall–Kier alpha value is -1.79. The van der Waals surface area contributed by atoms with Crippen molar-refractivity contribution in [1.82, 2.24) is 10.2 Å². The number of primary amides is 1. The fourth-order valence-electron chi connectivity index (χ4n) is 0.764. The first-order valence-corrected chi connectivity index (χ1v) is 3.79. The van der Waals surface area contributed by atoms with Crippen molar-refractivity contribution in [1.29, 1.82) is 0 Å². The molecule has 0 aromatic carbocycles. The number of carbonyl (C=O) groups is 1. The first-order chi connectivity index (χ1) is 6.18. The average molecular weight is 185 g/mol. The SMILES string of the molecule is NC(=O)CCCNc1nnc(N)o1. The summed E-state index contributed by atoms with van der Waals surface area (Å²) in [6.07, 6.45) is 0.953. The van der Waals surface area contributed by atoms with Gasteiger partial charge in [0.1, 0.15) is 0 Å². The van der Waals surface area contributed by atoms with Crippen LogP contribution in [0.2, 0.25) is 0 Å². The van der Waals surface area contributed by atoms with Crippen LogP contribution in [0.25, 0.3) is 0 Å². The summed E-state index contributed by atoms with van der Waals surface area (Å²) >= 11 is 0. The van der Waals surface area contributed by atoms with Crippen LogP contribution in [0.4, 0.5) is 12.0 Å². The minimum atomic E-state index is -0.327. The number of hydrogen-bond acceptors (Lipinski definition) is 6. The lowest BCUT2D eigenvalue weighted by Crippen LogP contribution is -2.12. The summed E-state index contributed by atoms with van der Waals surface area (Å²) in [6, 6.07) is 0.263. The Morgan fingerprint density at radius 1 is 1.54 bits per heavy atom. The third-order valence-electron chi connectivity index (χ3n) is 1.32. The van der Waals surface area contributed by atoms with Gasteiger partial charge < -0.3 is 21.2 Å². The van der Waals surface area contributed by atoms with Crippen molar-refractivity contribution in [2.24, 2.45) is 5.73 Å². The predicted octanol–water partition coefficient (Wildman–Crippen LogP) is -0.671. The number of anilines is 2. The monoisotopic (exact) mass is 185 g/mol. The van der Waals surface area contributed by atoms with Crippen LogP contribution in [0.1, 0.15) is 12.8 Å². The Labute approximate surface area is 74.5 Å². The van der Waals surface area contributed by atoms with Crippen LogP contribution >= 0.6 is 0 Å². The third kappa shape index (κ3) is 3.41. The molecule has 0 radical (unpaired) electrons. The van der Waals surface area contributed by atoms with Gasteiger partial charge in [-0.3, -0.25) is 4.79 Å². The zero-order chi connectivity index (χ0) is 9.68. The summed E-state index contributed by atoms with van der Waals surface area (Å²) in [5, 5.41) is 9.79. The highest BCUT2D eigenvalue weighted by atomic mass is 16.4. The molecule has 1 amide bonds. The Morgan fingerprint density at radius 2 is 2.31 bits per heavy atom. The molecule has 7 nitrogen and oxygen atoms in total. The number of nitrogen functional groups attached to an aromatic ring is 1. The highest BCUT2D eigenvalue weighted by molar-refractivity contribution is 5.73. The van der Waals surface area contributed by atoms with E-state index >= 15 is 0 Å². The molecule has 13 heavy (non-hydrogen) atoms. The van der Waals surface area contributed by atoms with Crippen molar-refractivity contribution in [2.75, 3.05) is 17.6 Å². The molecule has 0 aliphatic carbocycles. The predicted molar refractivity (Wildman–Crippen MR) is 45.6 cm³/mol. The molecule has 1 rings (SSSR count). The maximum absolute atomic E-state index is 10.3. The van der Waals surface area contributed by atoms with Crippen molar-refractivity contribution in [3.63, 3.8) is 0 Å². The van der Waals surface area contributed by atoms with Gasteiger partial charge in [-0.1, -0.05) is 10.2 Å². The van der Waals surface area contributed by atoms with Gasteiger partial charge in [0.2, 0.25) is 5.91 Å². The number of aromatic nitrogens is 2. The van der Waals surface area contributed by atoms with Crippen molar-refractivity contribution in [3.8, 4) is 0 Å². The van der Waals surface area contributed by atoms with Crippen LogP contribution in [0.15, 0.2) is 4.42 Å². The van der Waals surface area contributed by atoms with E-state index in [1.807, 2.05) is 0 Å². The van der Waals surface area contributed by atoms with Gasteiger partial charge in [0.05, 0.1) is 0 Å². The fraction of sp³-hybridized carbons (Fsp3) is 0.500. The molecule has 1 heterocycles. The minimum absolute atomic E-state index is 0.0115. The number of rotatable bonds is 5. The van der Waals surface area contributed by atoms with E-state index in [1.165, 1.54) is 0 Å². The van der Waals surface area contributed by atoms with Crippen LogP contribution in [-0.2, 0) is 4.79 Å². The van der Waals surface area contributed by atoms with E-state index < -0.39 is 0 Å². The summed E-state index contributed by atoms with van der Waals surface area (Å²) in [5.74, 6) is -0.327. The molecular weight excluding hydrogens is 174 g/mol. The van der Waals surface area contributed by atoms with Gasteiger partial charge in [0.25, 0.3) is 0 Å². The number of nitrogens with one attached hydrogen (secondary N) is 1. The van der Waals surface area contributed by atoms with Crippen LogP contribution in [0.3, 0.4) is 0 Å². The minimum Gasteiger partial charge on any atom is -0.390 e. The number of nitrogens with two attached hydrogens (primary N) is 2. The molecule has 72 valence electrons. The lowest BCUT2D eigenvalue weighted by atomic mass is 10.3. The van der Waals surface area contributed by atoms with Gasteiger partial charge in [-0.25, -0.2) is 0 Å². The molecule has 0 bridgehead atoms. The lowest BCUT2D eigenvalue weighted by molar-refractivity contribution is -0.118. The van der Waals surface area contributed by atoms with E-state index in [9.17, 15) is 4.79 Å². The average Bonchev–Trinajstić information content (AvgIpc) is 2.45. The Balaban J connectivity index is 2.16. The quantitative estimate of drug-likeness (QED) is 0.523. The van der Waals surface area contributed by atoms with Crippen molar-refractivity contribution in [2.45, 2.75) is 12.8 Å². The number of nitrogens with zero attached hydrogens (tertiary/aromatic N) is 2. The van der Waals surface area contributed by atoms with E-state index in [-0.39, 0.29) is 17.9 Å². The van der Waals surface area contributed by atoms with Crippen molar-refractivity contribution in [3.05, 3.63) is 0 Å². The molecule has 0 spiro atoms. The van der Waals surface area contributed by atoms with Gasteiger partial charge in [-0.05, 0) is 6.42 Å². The maximum atomic E-state index is 10.3. The highest BCUT2D eigenvalue weighted by Crippen LogP contribution is 2.05. The first-order valence-electron chi connectivity index (χ1n) is 3.79. The molecule has 0 saturated carbocycles. The second-order valence-corrected chi connectivity index (χ2v) is 2.44. The molecule has 0 atom stereocenters. The second-order valence-electron chi connectivity index (χ2n) is 2.44. The van der Waals surface area contributed by atoms with Crippen molar-refractivity contribution >= 4 is 17.9 Å². The largest absolute Gasteiger partial charge is 0.390 e. The van der Waals surface area contributed by atoms with E-state index in [0.717, 1.165) is 0 Å². The van der Waals surface area contributed by atoms with E-state index in [2.05, 4.69) is 15.5 Å². The fourth-order valence-corrected chi connectivity index (χ4v) is 0.764. The van der Waals surface area contributed by atoms with Crippen molar-refractivity contribution < 1.29 is 9.21 Å². The molecule has 1 aromatic rings. The maximum Gasteiger partial charge on any atom is 0.316 e. The van der Waals surface area contributed by atoms with Gasteiger partial charge in [-0.2, -0.15) is 0 Å². The van der Waals surface area contributed by atoms with Crippen LogP contribution in [0, 0.1) is 0 Å².